The van der Waals surface area contributed by atoms with Gasteiger partial charge in [-0.05, 0) is 61.8 Å². The third-order valence-electron chi connectivity index (χ3n) is 5.34. The van der Waals surface area contributed by atoms with Crippen LogP contribution in [0, 0.1) is 5.92 Å². The van der Waals surface area contributed by atoms with E-state index in [1.54, 1.807) is 10.9 Å². The van der Waals surface area contributed by atoms with E-state index in [0.717, 1.165) is 43.9 Å². The highest BCUT2D eigenvalue weighted by atomic mass is 16.1. The summed E-state index contributed by atoms with van der Waals surface area (Å²) in [4.78, 5) is 15.0. The molecule has 0 bridgehead atoms. The van der Waals surface area contributed by atoms with Crippen molar-refractivity contribution in [1.82, 2.24) is 14.7 Å². The number of aromatic nitrogens is 2. The van der Waals surface area contributed by atoms with Gasteiger partial charge in [-0.3, -0.25) is 9.69 Å². The Morgan fingerprint density at radius 2 is 1.79 bits per heavy atom. The minimum absolute atomic E-state index is 0.0788. The van der Waals surface area contributed by atoms with Crippen molar-refractivity contribution in [3.63, 3.8) is 0 Å². The summed E-state index contributed by atoms with van der Waals surface area (Å²) in [6.07, 6.45) is 9.81. The van der Waals surface area contributed by atoms with Crippen LogP contribution in [0.15, 0.2) is 79.1 Å². The first kappa shape index (κ1) is 19.2. The van der Waals surface area contributed by atoms with E-state index in [9.17, 15) is 4.79 Å². The fourth-order valence-electron chi connectivity index (χ4n) is 3.64. The molecule has 1 aliphatic heterocycles. The normalized spacial score (nSPS) is 15.6. The number of rotatable bonds is 6. The van der Waals surface area contributed by atoms with Crippen LogP contribution in [0.3, 0.4) is 0 Å². The lowest BCUT2D eigenvalue weighted by molar-refractivity contribution is -0.121. The molecule has 1 amide bonds. The molecule has 1 fully saturated rings. The second-order valence-corrected chi connectivity index (χ2v) is 7.37. The van der Waals surface area contributed by atoms with Gasteiger partial charge in [-0.2, -0.15) is 5.10 Å². The molecule has 0 radical (unpaired) electrons. The number of likely N-dealkylation sites (tertiary alicyclic amines) is 1. The van der Waals surface area contributed by atoms with Gasteiger partial charge < -0.3 is 5.32 Å². The fraction of sp³-hybridized carbons (Fsp3) is 0.250. The van der Waals surface area contributed by atoms with Gasteiger partial charge in [0.2, 0.25) is 5.91 Å². The number of benzene rings is 2. The Hall–Kier alpha value is -3.18. The van der Waals surface area contributed by atoms with E-state index < -0.39 is 0 Å². The number of hydrogen-bond donors (Lipinski definition) is 1. The van der Waals surface area contributed by atoms with Gasteiger partial charge in [0.05, 0.1) is 5.69 Å². The topological polar surface area (TPSA) is 50.2 Å². The first-order valence-electron chi connectivity index (χ1n) is 10.1. The van der Waals surface area contributed by atoms with Crippen molar-refractivity contribution >= 4 is 17.7 Å². The van der Waals surface area contributed by atoms with Gasteiger partial charge in [0.25, 0.3) is 0 Å². The number of amides is 1. The molecule has 1 aliphatic rings. The molecule has 0 aliphatic carbocycles. The van der Waals surface area contributed by atoms with Gasteiger partial charge in [-0.1, -0.05) is 42.5 Å². The lowest BCUT2D eigenvalue weighted by Gasteiger charge is -2.30. The molecule has 5 nitrogen and oxygen atoms in total. The van der Waals surface area contributed by atoms with E-state index in [0.29, 0.717) is 0 Å². The van der Waals surface area contributed by atoms with Crippen LogP contribution in [0.4, 0.5) is 5.69 Å². The zero-order valence-corrected chi connectivity index (χ0v) is 16.4. The predicted octanol–water partition coefficient (Wildman–Crippen LogP) is 4.24. The van der Waals surface area contributed by atoms with E-state index >= 15 is 0 Å². The number of carbonyl (C=O) groups is 1. The molecule has 29 heavy (non-hydrogen) atoms. The predicted molar refractivity (Wildman–Crippen MR) is 117 cm³/mol. The van der Waals surface area contributed by atoms with Crippen molar-refractivity contribution in [2.24, 2.45) is 5.92 Å². The maximum Gasteiger partial charge on any atom is 0.227 e. The summed E-state index contributed by atoms with van der Waals surface area (Å²) in [6, 6.07) is 20.0. The molecule has 0 unspecified atom stereocenters. The molecule has 2 heterocycles. The molecule has 3 aromatic rings. The second-order valence-electron chi connectivity index (χ2n) is 7.37. The maximum atomic E-state index is 12.6. The van der Waals surface area contributed by atoms with Crippen LogP contribution in [0.1, 0.15) is 18.4 Å². The quantitative estimate of drug-likeness (QED) is 0.689. The average Bonchev–Trinajstić information content (AvgIpc) is 3.30. The van der Waals surface area contributed by atoms with E-state index in [4.69, 9.17) is 0 Å². The summed E-state index contributed by atoms with van der Waals surface area (Å²) in [5.74, 6) is 0.200. The highest BCUT2D eigenvalue weighted by Gasteiger charge is 2.24. The summed E-state index contributed by atoms with van der Waals surface area (Å²) in [5, 5.41) is 7.28. The van der Waals surface area contributed by atoms with E-state index in [1.165, 1.54) is 5.56 Å². The summed E-state index contributed by atoms with van der Waals surface area (Å²) in [6.45, 7) is 2.84. The van der Waals surface area contributed by atoms with Crippen molar-refractivity contribution in [2.45, 2.75) is 12.8 Å². The maximum absolute atomic E-state index is 12.6. The molecule has 0 spiro atoms. The van der Waals surface area contributed by atoms with Crippen LogP contribution < -0.4 is 5.32 Å². The number of anilines is 1. The van der Waals surface area contributed by atoms with Gasteiger partial charge in [-0.25, -0.2) is 4.68 Å². The van der Waals surface area contributed by atoms with Crippen molar-refractivity contribution in [3.8, 4) is 5.69 Å². The summed E-state index contributed by atoms with van der Waals surface area (Å²) >= 11 is 0. The summed E-state index contributed by atoms with van der Waals surface area (Å²) in [7, 11) is 0. The Balaban J connectivity index is 1.23. The van der Waals surface area contributed by atoms with Gasteiger partial charge in [0.15, 0.2) is 0 Å². The first-order chi connectivity index (χ1) is 14.3. The smallest absolute Gasteiger partial charge is 0.227 e. The van der Waals surface area contributed by atoms with Crippen molar-refractivity contribution in [3.05, 3.63) is 84.7 Å². The largest absolute Gasteiger partial charge is 0.326 e. The van der Waals surface area contributed by atoms with Gasteiger partial charge >= 0.3 is 0 Å². The average molecular weight is 386 g/mol. The first-order valence-corrected chi connectivity index (χ1v) is 10.1. The van der Waals surface area contributed by atoms with Crippen LogP contribution in [-0.2, 0) is 4.79 Å². The summed E-state index contributed by atoms with van der Waals surface area (Å²) in [5.41, 5.74) is 3.03. The number of piperidine rings is 1. The van der Waals surface area contributed by atoms with E-state index in [1.807, 2.05) is 42.6 Å². The molecule has 4 rings (SSSR count). The minimum atomic E-state index is 0.0788. The Kier molecular flexibility index (Phi) is 6.17. The zero-order chi connectivity index (χ0) is 19.9. The molecule has 1 aromatic heterocycles. The summed E-state index contributed by atoms with van der Waals surface area (Å²) < 4.78 is 1.80. The molecule has 2 aromatic carbocycles. The SMILES string of the molecule is O=C(Nc1ccc(-n2cccn2)cc1)C1CCN(C/C=C/c2ccccc2)CC1. The third-order valence-corrected chi connectivity index (χ3v) is 5.34. The van der Waals surface area contributed by atoms with Crippen molar-refractivity contribution in [1.29, 1.82) is 0 Å². The second kappa shape index (κ2) is 9.34. The lowest BCUT2D eigenvalue weighted by atomic mass is 9.95. The van der Waals surface area contributed by atoms with Crippen LogP contribution in [0.25, 0.3) is 11.8 Å². The third kappa shape index (κ3) is 5.21. The standard InChI is InChI=1S/C24H26N4O/c29-24(26-22-9-11-23(12-10-22)28-17-5-15-25-28)21-13-18-27(19-14-21)16-4-8-20-6-2-1-3-7-20/h1-12,15,17,21H,13-14,16,18-19H2,(H,26,29)/b8-4+. The monoisotopic (exact) mass is 386 g/mol. The van der Waals surface area contributed by atoms with Crippen LogP contribution in [-0.4, -0.2) is 40.2 Å². The molecular formula is C24H26N4O. The highest BCUT2D eigenvalue weighted by Crippen LogP contribution is 2.20. The number of nitrogens with zero attached hydrogens (tertiary/aromatic N) is 3. The molecule has 0 atom stereocenters. The van der Waals surface area contributed by atoms with E-state index in [-0.39, 0.29) is 11.8 Å². The Morgan fingerprint density at radius 3 is 2.48 bits per heavy atom. The molecule has 1 N–H and O–H groups in total. The van der Waals surface area contributed by atoms with E-state index in [2.05, 4.69) is 51.7 Å². The van der Waals surface area contributed by atoms with Crippen molar-refractivity contribution in [2.75, 3.05) is 25.0 Å². The van der Waals surface area contributed by atoms with Gasteiger partial charge in [0.1, 0.15) is 0 Å². The minimum Gasteiger partial charge on any atom is -0.326 e. The number of nitrogens with one attached hydrogen (secondary N) is 1. The molecule has 0 saturated carbocycles. The Labute approximate surface area is 171 Å². The zero-order valence-electron chi connectivity index (χ0n) is 16.4. The Bertz CT molecular complexity index is 925. The van der Waals surface area contributed by atoms with Crippen LogP contribution in [0.2, 0.25) is 0 Å². The van der Waals surface area contributed by atoms with Crippen molar-refractivity contribution < 1.29 is 4.79 Å². The van der Waals surface area contributed by atoms with Gasteiger partial charge in [0, 0.05) is 30.5 Å². The number of hydrogen-bond acceptors (Lipinski definition) is 3. The number of carbonyl (C=O) groups excluding carboxylic acids is 1. The van der Waals surface area contributed by atoms with Crippen LogP contribution >= 0.6 is 0 Å². The molecule has 148 valence electrons. The molecular weight excluding hydrogens is 360 g/mol. The lowest BCUT2D eigenvalue weighted by Crippen LogP contribution is -2.38. The molecule has 5 heteroatoms. The highest BCUT2D eigenvalue weighted by molar-refractivity contribution is 5.92. The Morgan fingerprint density at radius 1 is 1.03 bits per heavy atom. The molecule has 1 saturated heterocycles. The van der Waals surface area contributed by atoms with Gasteiger partial charge in [-0.15, -0.1) is 0 Å². The van der Waals surface area contributed by atoms with Crippen LogP contribution in [0.5, 0.6) is 0 Å². The fourth-order valence-corrected chi connectivity index (χ4v) is 3.64.